The molecular formula is C19H25NS. The third kappa shape index (κ3) is 3.75. The van der Waals surface area contributed by atoms with E-state index in [1.54, 1.807) is 15.3 Å². The molecule has 1 heterocycles. The van der Waals surface area contributed by atoms with Crippen molar-refractivity contribution in [1.29, 1.82) is 0 Å². The van der Waals surface area contributed by atoms with Crippen molar-refractivity contribution in [2.24, 2.45) is 0 Å². The van der Waals surface area contributed by atoms with Gasteiger partial charge in [0.05, 0.1) is 0 Å². The summed E-state index contributed by atoms with van der Waals surface area (Å²) in [5.41, 5.74) is 3.05. The first-order chi connectivity index (χ1) is 10.4. The number of nitrogens with one attached hydrogen (secondary N) is 1. The zero-order chi connectivity index (χ0) is 14.5. The molecule has 1 nitrogen and oxygen atoms in total. The van der Waals surface area contributed by atoms with Crippen molar-refractivity contribution < 1.29 is 0 Å². The fraction of sp³-hybridized carbons (Fsp3) is 0.474. The molecule has 0 radical (unpaired) electrons. The van der Waals surface area contributed by atoms with Gasteiger partial charge in [0.25, 0.3) is 0 Å². The Hall–Kier alpha value is -1.12. The fourth-order valence-electron chi connectivity index (χ4n) is 3.13. The highest BCUT2D eigenvalue weighted by atomic mass is 32.1. The Balaban J connectivity index is 1.79. The second-order valence-corrected chi connectivity index (χ2v) is 7.17. The number of fused-ring (bicyclic) bond motifs is 1. The number of aryl methyl sites for hydroxylation is 2. The first kappa shape index (κ1) is 14.8. The molecule has 1 aliphatic rings. The SMILES string of the molecule is CCCNC(Cc1ccccc1)c1cc2c(s1)CCCC2. The van der Waals surface area contributed by atoms with Crippen LogP contribution in [0.15, 0.2) is 36.4 Å². The van der Waals surface area contributed by atoms with Gasteiger partial charge < -0.3 is 5.32 Å². The number of thiophene rings is 1. The highest BCUT2D eigenvalue weighted by Crippen LogP contribution is 2.34. The molecule has 0 amide bonds. The maximum absolute atomic E-state index is 3.75. The lowest BCUT2D eigenvalue weighted by Gasteiger charge is -2.17. The highest BCUT2D eigenvalue weighted by Gasteiger charge is 2.19. The Labute approximate surface area is 132 Å². The first-order valence-corrected chi connectivity index (χ1v) is 9.07. The van der Waals surface area contributed by atoms with Gasteiger partial charge in [-0.25, -0.2) is 0 Å². The van der Waals surface area contributed by atoms with Gasteiger partial charge in [-0.3, -0.25) is 0 Å². The van der Waals surface area contributed by atoms with Crippen molar-refractivity contribution in [3.05, 3.63) is 57.3 Å². The molecule has 1 N–H and O–H groups in total. The van der Waals surface area contributed by atoms with Crippen LogP contribution in [-0.4, -0.2) is 6.54 Å². The van der Waals surface area contributed by atoms with Gasteiger partial charge in [-0.2, -0.15) is 0 Å². The lowest BCUT2D eigenvalue weighted by molar-refractivity contribution is 0.536. The standard InChI is InChI=1S/C19H25NS/c1-2-12-20-17(13-15-8-4-3-5-9-15)19-14-16-10-6-7-11-18(16)21-19/h3-5,8-9,14,17,20H,2,6-7,10-13H2,1H3. The number of rotatable bonds is 6. The Morgan fingerprint density at radius 1 is 1.14 bits per heavy atom. The van der Waals surface area contributed by atoms with Crippen LogP contribution in [-0.2, 0) is 19.3 Å². The monoisotopic (exact) mass is 299 g/mol. The summed E-state index contributed by atoms with van der Waals surface area (Å²) in [5, 5.41) is 3.75. The van der Waals surface area contributed by atoms with Crippen molar-refractivity contribution in [1.82, 2.24) is 5.32 Å². The van der Waals surface area contributed by atoms with E-state index in [0.29, 0.717) is 6.04 Å². The third-order valence-electron chi connectivity index (χ3n) is 4.28. The molecule has 2 aromatic rings. The van der Waals surface area contributed by atoms with E-state index in [0.717, 1.165) is 13.0 Å². The third-order valence-corrected chi connectivity index (χ3v) is 5.63. The van der Waals surface area contributed by atoms with Crippen LogP contribution in [0.3, 0.4) is 0 Å². The minimum atomic E-state index is 0.475. The summed E-state index contributed by atoms with van der Waals surface area (Å²) in [7, 11) is 0. The van der Waals surface area contributed by atoms with Gasteiger partial charge in [0.1, 0.15) is 0 Å². The molecule has 0 spiro atoms. The van der Waals surface area contributed by atoms with Crippen LogP contribution >= 0.6 is 11.3 Å². The quantitative estimate of drug-likeness (QED) is 0.799. The van der Waals surface area contributed by atoms with Crippen LogP contribution in [0.2, 0.25) is 0 Å². The van der Waals surface area contributed by atoms with Crippen LogP contribution < -0.4 is 5.32 Å². The summed E-state index contributed by atoms with van der Waals surface area (Å²) in [6.07, 6.45) is 7.62. The second kappa shape index (κ2) is 7.24. The summed E-state index contributed by atoms with van der Waals surface area (Å²) < 4.78 is 0. The van der Waals surface area contributed by atoms with Gasteiger partial charge in [0, 0.05) is 15.8 Å². The smallest absolute Gasteiger partial charge is 0.0455 e. The minimum Gasteiger partial charge on any atom is -0.309 e. The maximum Gasteiger partial charge on any atom is 0.0455 e. The van der Waals surface area contributed by atoms with E-state index in [4.69, 9.17) is 0 Å². The van der Waals surface area contributed by atoms with Crippen LogP contribution in [0.1, 0.15) is 53.1 Å². The molecule has 1 aromatic carbocycles. The Morgan fingerprint density at radius 3 is 2.71 bits per heavy atom. The van der Waals surface area contributed by atoms with Crippen molar-refractivity contribution in [2.45, 2.75) is 51.5 Å². The molecule has 0 saturated heterocycles. The van der Waals surface area contributed by atoms with Crippen molar-refractivity contribution in [3.8, 4) is 0 Å². The molecule has 2 heteroatoms. The van der Waals surface area contributed by atoms with Crippen LogP contribution in [0, 0.1) is 0 Å². The van der Waals surface area contributed by atoms with Crippen molar-refractivity contribution in [3.63, 3.8) is 0 Å². The molecule has 0 bridgehead atoms. The zero-order valence-corrected chi connectivity index (χ0v) is 13.7. The van der Waals surface area contributed by atoms with E-state index in [1.165, 1.54) is 37.7 Å². The van der Waals surface area contributed by atoms with Crippen LogP contribution in [0.25, 0.3) is 0 Å². The highest BCUT2D eigenvalue weighted by molar-refractivity contribution is 7.12. The summed E-state index contributed by atoms with van der Waals surface area (Å²) in [4.78, 5) is 3.19. The van der Waals surface area contributed by atoms with E-state index in [2.05, 4.69) is 60.0 Å². The lowest BCUT2D eigenvalue weighted by Crippen LogP contribution is -2.23. The number of hydrogen-bond acceptors (Lipinski definition) is 2. The molecule has 1 aliphatic carbocycles. The summed E-state index contributed by atoms with van der Waals surface area (Å²) in [5.74, 6) is 0. The van der Waals surface area contributed by atoms with E-state index < -0.39 is 0 Å². The summed E-state index contributed by atoms with van der Waals surface area (Å²) in [6.45, 7) is 3.34. The van der Waals surface area contributed by atoms with E-state index in [9.17, 15) is 0 Å². The molecule has 21 heavy (non-hydrogen) atoms. The average molecular weight is 299 g/mol. The predicted molar refractivity (Wildman–Crippen MR) is 92.1 cm³/mol. The largest absolute Gasteiger partial charge is 0.309 e. The molecule has 1 atom stereocenters. The molecule has 1 unspecified atom stereocenters. The zero-order valence-electron chi connectivity index (χ0n) is 12.9. The van der Waals surface area contributed by atoms with Crippen molar-refractivity contribution in [2.75, 3.05) is 6.54 Å². The van der Waals surface area contributed by atoms with E-state index in [1.807, 2.05) is 0 Å². The average Bonchev–Trinajstić information content (AvgIpc) is 2.96. The number of hydrogen-bond donors (Lipinski definition) is 1. The topological polar surface area (TPSA) is 12.0 Å². The van der Waals surface area contributed by atoms with Gasteiger partial charge in [0.15, 0.2) is 0 Å². The molecule has 0 aliphatic heterocycles. The molecule has 0 fully saturated rings. The predicted octanol–water partition coefficient (Wildman–Crippen LogP) is 4.91. The molecular weight excluding hydrogens is 274 g/mol. The van der Waals surface area contributed by atoms with Crippen LogP contribution in [0.4, 0.5) is 0 Å². The first-order valence-electron chi connectivity index (χ1n) is 8.25. The van der Waals surface area contributed by atoms with Gasteiger partial charge >= 0.3 is 0 Å². The Morgan fingerprint density at radius 2 is 1.95 bits per heavy atom. The molecule has 1 aromatic heterocycles. The fourth-order valence-corrected chi connectivity index (χ4v) is 4.46. The van der Waals surface area contributed by atoms with Crippen LogP contribution in [0.5, 0.6) is 0 Å². The van der Waals surface area contributed by atoms with Gasteiger partial charge in [-0.15, -0.1) is 11.3 Å². The molecule has 3 rings (SSSR count). The summed E-state index contributed by atoms with van der Waals surface area (Å²) in [6, 6.07) is 13.8. The van der Waals surface area contributed by atoms with E-state index >= 15 is 0 Å². The summed E-state index contributed by atoms with van der Waals surface area (Å²) >= 11 is 2.05. The van der Waals surface area contributed by atoms with Gasteiger partial charge in [0.2, 0.25) is 0 Å². The van der Waals surface area contributed by atoms with Gasteiger partial charge in [-0.05, 0) is 62.3 Å². The number of benzene rings is 1. The van der Waals surface area contributed by atoms with Crippen molar-refractivity contribution >= 4 is 11.3 Å². The van der Waals surface area contributed by atoms with E-state index in [-0.39, 0.29) is 0 Å². The normalized spacial score (nSPS) is 15.7. The van der Waals surface area contributed by atoms with Gasteiger partial charge in [-0.1, -0.05) is 37.3 Å². The maximum atomic E-state index is 3.75. The molecule has 112 valence electrons. The minimum absolute atomic E-state index is 0.475. The Bertz CT molecular complexity index is 535. The molecule has 0 saturated carbocycles. The Kier molecular flexibility index (Phi) is 5.10. The lowest BCUT2D eigenvalue weighted by atomic mass is 9.98. The second-order valence-electron chi connectivity index (χ2n) is 6.00.